The molecule has 0 bridgehead atoms. The van der Waals surface area contributed by atoms with Crippen LogP contribution in [0.1, 0.15) is 0 Å². The van der Waals surface area contributed by atoms with Gasteiger partial charge in [-0.25, -0.2) is 18.7 Å². The fourth-order valence-electron chi connectivity index (χ4n) is 1.16. The van der Waals surface area contributed by atoms with E-state index in [0.717, 1.165) is 0 Å². The second-order valence-electron chi connectivity index (χ2n) is 3.13. The first-order chi connectivity index (χ1) is 7.88. The molecule has 2 rings (SSSR count). The summed E-state index contributed by atoms with van der Waals surface area (Å²) in [6.45, 7) is 0. The highest BCUT2D eigenvalue weighted by molar-refractivity contribution is 7.89. The molecule has 1 aromatic heterocycles. The monoisotopic (exact) mass is 292 g/mol. The predicted molar refractivity (Wildman–Crippen MR) is 63.2 cm³/mol. The number of aromatic amines is 1. The Balaban J connectivity index is 2.55. The Morgan fingerprint density at radius 2 is 2.00 bits per heavy atom. The number of H-pyrrole nitrogens is 1. The maximum Gasteiger partial charge on any atom is 0.273 e. The number of nitrogens with two attached hydrogens (primary N) is 1. The summed E-state index contributed by atoms with van der Waals surface area (Å²) in [5.41, 5.74) is 0.422. The third-order valence-electron chi connectivity index (χ3n) is 1.90. The summed E-state index contributed by atoms with van der Waals surface area (Å²) in [7, 11) is -3.92. The van der Waals surface area contributed by atoms with Crippen LogP contribution in [0, 0.1) is 0 Å². The molecular weight excluding hydrogens is 287 g/mol. The first-order valence-electron chi connectivity index (χ1n) is 4.28. The van der Waals surface area contributed by atoms with Crippen molar-refractivity contribution in [3.8, 4) is 11.4 Å². The van der Waals surface area contributed by atoms with Crippen LogP contribution in [0.5, 0.6) is 0 Å². The Bertz CT molecular complexity index is 668. The minimum Gasteiger partial charge on any atom is -0.248 e. The van der Waals surface area contributed by atoms with Crippen molar-refractivity contribution in [3.63, 3.8) is 0 Å². The molecule has 2 aromatic rings. The molecule has 1 heterocycles. The van der Waals surface area contributed by atoms with E-state index < -0.39 is 15.2 Å². The maximum absolute atomic E-state index is 11.0. The fraction of sp³-hybridized carbons (Fsp3) is 0. The summed E-state index contributed by atoms with van der Waals surface area (Å²) in [4.78, 5) is 3.73. The van der Waals surface area contributed by atoms with E-state index in [4.69, 9.17) is 28.3 Å². The van der Waals surface area contributed by atoms with Crippen molar-refractivity contribution in [3.05, 3.63) is 28.2 Å². The number of halogens is 2. The standard InChI is InChI=1S/C8H6Cl2N4O2S/c9-4-1-2-6(10)5(3-4)7-12-8(14-13-7)17(11,15)16/h1-3H,(H2,11,15,16)(H,12,13,14). The summed E-state index contributed by atoms with van der Waals surface area (Å²) in [5.74, 6) is 0.113. The van der Waals surface area contributed by atoms with Gasteiger partial charge in [0.15, 0.2) is 5.82 Å². The van der Waals surface area contributed by atoms with Gasteiger partial charge in [0, 0.05) is 10.6 Å². The van der Waals surface area contributed by atoms with Crippen LogP contribution in [-0.4, -0.2) is 23.6 Å². The molecule has 0 saturated heterocycles. The average molecular weight is 293 g/mol. The molecule has 0 atom stereocenters. The first kappa shape index (κ1) is 12.3. The van der Waals surface area contributed by atoms with Gasteiger partial charge in [-0.1, -0.05) is 23.2 Å². The van der Waals surface area contributed by atoms with Gasteiger partial charge in [0.1, 0.15) is 0 Å². The van der Waals surface area contributed by atoms with Gasteiger partial charge in [0.2, 0.25) is 0 Å². The van der Waals surface area contributed by atoms with Gasteiger partial charge in [0.25, 0.3) is 15.2 Å². The molecule has 90 valence electrons. The van der Waals surface area contributed by atoms with Gasteiger partial charge in [-0.15, -0.1) is 0 Å². The molecule has 0 aliphatic rings. The smallest absolute Gasteiger partial charge is 0.248 e. The van der Waals surface area contributed by atoms with E-state index in [-0.39, 0.29) is 5.82 Å². The molecule has 3 N–H and O–H groups in total. The number of primary sulfonamides is 1. The zero-order valence-electron chi connectivity index (χ0n) is 8.18. The zero-order chi connectivity index (χ0) is 12.6. The largest absolute Gasteiger partial charge is 0.273 e. The number of hydrogen-bond donors (Lipinski definition) is 2. The molecule has 6 nitrogen and oxygen atoms in total. The highest BCUT2D eigenvalue weighted by Gasteiger charge is 2.16. The molecule has 1 aromatic carbocycles. The van der Waals surface area contributed by atoms with Crippen molar-refractivity contribution < 1.29 is 8.42 Å². The molecule has 17 heavy (non-hydrogen) atoms. The van der Waals surface area contributed by atoms with Crippen molar-refractivity contribution in [1.29, 1.82) is 0 Å². The SMILES string of the molecule is NS(=O)(=O)c1nc(-c2cc(Cl)ccc2Cl)n[nH]1. The Hall–Kier alpha value is -1.15. The highest BCUT2D eigenvalue weighted by Crippen LogP contribution is 2.28. The molecule has 0 aliphatic carbocycles. The fourth-order valence-corrected chi connectivity index (χ4v) is 1.92. The summed E-state index contributed by atoms with van der Waals surface area (Å²) in [5, 5.41) is 11.2. The van der Waals surface area contributed by atoms with Crippen LogP contribution >= 0.6 is 23.2 Å². The number of rotatable bonds is 2. The lowest BCUT2D eigenvalue weighted by molar-refractivity contribution is 0.589. The van der Waals surface area contributed by atoms with Gasteiger partial charge in [-0.3, -0.25) is 0 Å². The van der Waals surface area contributed by atoms with Crippen molar-refractivity contribution in [2.75, 3.05) is 0 Å². The van der Waals surface area contributed by atoms with E-state index in [1.54, 1.807) is 12.1 Å². The van der Waals surface area contributed by atoms with Crippen LogP contribution in [-0.2, 0) is 10.0 Å². The van der Waals surface area contributed by atoms with E-state index >= 15 is 0 Å². The Morgan fingerprint density at radius 3 is 2.59 bits per heavy atom. The Kier molecular flexibility index (Phi) is 3.09. The van der Waals surface area contributed by atoms with Crippen LogP contribution in [0.2, 0.25) is 10.0 Å². The van der Waals surface area contributed by atoms with Crippen LogP contribution in [0.4, 0.5) is 0 Å². The van der Waals surface area contributed by atoms with Gasteiger partial charge in [0.05, 0.1) is 5.02 Å². The number of sulfonamides is 1. The van der Waals surface area contributed by atoms with Crippen molar-refractivity contribution in [2.24, 2.45) is 5.14 Å². The molecule has 0 fully saturated rings. The second-order valence-corrected chi connectivity index (χ2v) is 5.45. The zero-order valence-corrected chi connectivity index (χ0v) is 10.5. The molecule has 0 spiro atoms. The Labute approximate surface area is 107 Å². The third kappa shape index (κ3) is 2.58. The lowest BCUT2D eigenvalue weighted by atomic mass is 10.2. The molecule has 9 heteroatoms. The van der Waals surface area contributed by atoms with Crippen molar-refractivity contribution in [1.82, 2.24) is 15.2 Å². The van der Waals surface area contributed by atoms with E-state index in [2.05, 4.69) is 15.2 Å². The quantitative estimate of drug-likeness (QED) is 0.874. The van der Waals surface area contributed by atoms with E-state index in [1.807, 2.05) is 0 Å². The molecule has 0 unspecified atom stereocenters. The summed E-state index contributed by atoms with van der Waals surface area (Å²) < 4.78 is 22.0. The summed E-state index contributed by atoms with van der Waals surface area (Å²) in [6, 6.07) is 4.69. The molecule has 0 radical (unpaired) electrons. The highest BCUT2D eigenvalue weighted by atomic mass is 35.5. The van der Waals surface area contributed by atoms with Gasteiger partial charge in [-0.2, -0.15) is 10.1 Å². The number of benzene rings is 1. The third-order valence-corrected chi connectivity index (χ3v) is 3.19. The molecular formula is C8H6Cl2N4O2S. The molecule has 0 saturated carbocycles. The number of nitrogens with zero attached hydrogens (tertiary/aromatic N) is 2. The minimum absolute atomic E-state index is 0.113. The van der Waals surface area contributed by atoms with Crippen LogP contribution in [0.3, 0.4) is 0 Å². The minimum atomic E-state index is -3.92. The van der Waals surface area contributed by atoms with Gasteiger partial charge >= 0.3 is 0 Å². The topological polar surface area (TPSA) is 102 Å². The van der Waals surface area contributed by atoms with E-state index in [9.17, 15) is 8.42 Å². The molecule has 0 amide bonds. The van der Waals surface area contributed by atoms with Crippen molar-refractivity contribution >= 4 is 33.2 Å². The number of aromatic nitrogens is 3. The lowest BCUT2D eigenvalue weighted by Gasteiger charge is -1.99. The van der Waals surface area contributed by atoms with Crippen LogP contribution in [0.25, 0.3) is 11.4 Å². The van der Waals surface area contributed by atoms with Crippen LogP contribution in [0.15, 0.2) is 23.4 Å². The number of hydrogen-bond acceptors (Lipinski definition) is 4. The summed E-state index contributed by atoms with van der Waals surface area (Å²) in [6.07, 6.45) is 0. The summed E-state index contributed by atoms with van der Waals surface area (Å²) >= 11 is 11.7. The normalized spacial score (nSPS) is 11.7. The van der Waals surface area contributed by atoms with Crippen molar-refractivity contribution in [2.45, 2.75) is 5.16 Å². The first-order valence-corrected chi connectivity index (χ1v) is 6.59. The van der Waals surface area contributed by atoms with Crippen LogP contribution < -0.4 is 5.14 Å². The predicted octanol–water partition coefficient (Wildman–Crippen LogP) is 1.43. The lowest BCUT2D eigenvalue weighted by Crippen LogP contribution is -2.13. The Morgan fingerprint density at radius 1 is 1.29 bits per heavy atom. The van der Waals surface area contributed by atoms with Gasteiger partial charge in [-0.05, 0) is 18.2 Å². The number of nitrogens with one attached hydrogen (secondary N) is 1. The second kappa shape index (κ2) is 4.26. The maximum atomic E-state index is 11.0. The van der Waals surface area contributed by atoms with Gasteiger partial charge < -0.3 is 0 Å². The average Bonchev–Trinajstić information content (AvgIpc) is 2.70. The molecule has 0 aliphatic heterocycles. The van der Waals surface area contributed by atoms with E-state index in [0.29, 0.717) is 15.6 Å². The van der Waals surface area contributed by atoms with E-state index in [1.165, 1.54) is 6.07 Å².